The predicted molar refractivity (Wildman–Crippen MR) is 81.5 cm³/mol. The zero-order valence-electron chi connectivity index (χ0n) is 11.9. The molecule has 0 heterocycles. The van der Waals surface area contributed by atoms with E-state index in [0.29, 0.717) is 10.2 Å². The van der Waals surface area contributed by atoms with E-state index in [1.54, 1.807) is 27.7 Å². The first-order chi connectivity index (χ1) is 8.96. The van der Waals surface area contributed by atoms with Crippen LogP contribution >= 0.6 is 15.9 Å². The number of rotatable bonds is 4. The summed E-state index contributed by atoms with van der Waals surface area (Å²) in [7, 11) is 0. The number of benzene rings is 1. The van der Waals surface area contributed by atoms with Crippen molar-refractivity contribution in [3.63, 3.8) is 0 Å². The maximum atomic E-state index is 12.3. The van der Waals surface area contributed by atoms with Crippen molar-refractivity contribution in [1.82, 2.24) is 0 Å². The van der Waals surface area contributed by atoms with Gasteiger partial charge in [-0.2, -0.15) is 0 Å². The molecule has 0 aliphatic rings. The van der Waals surface area contributed by atoms with E-state index >= 15 is 0 Å². The van der Waals surface area contributed by atoms with Crippen LogP contribution in [0.4, 0.5) is 11.4 Å². The number of halogens is 1. The van der Waals surface area contributed by atoms with Crippen LogP contribution in [0.1, 0.15) is 27.7 Å². The zero-order valence-corrected chi connectivity index (χ0v) is 13.4. The maximum Gasteiger partial charge on any atom is 0.271 e. The molecule has 0 fully saturated rings. The molecule has 1 amide bonds. The third-order valence-electron chi connectivity index (χ3n) is 3.59. The smallest absolute Gasteiger partial charge is 0.271 e. The Morgan fingerprint density at radius 1 is 1.35 bits per heavy atom. The lowest BCUT2D eigenvalue weighted by Crippen LogP contribution is -2.53. The van der Waals surface area contributed by atoms with Gasteiger partial charge in [-0.15, -0.1) is 0 Å². The summed E-state index contributed by atoms with van der Waals surface area (Å²) in [5.74, 6) is -0.300. The molecule has 3 N–H and O–H groups in total. The number of hydrogen-bond acceptors (Lipinski definition) is 4. The zero-order chi connectivity index (χ0) is 15.7. The highest BCUT2D eigenvalue weighted by Crippen LogP contribution is 2.32. The first kappa shape index (κ1) is 16.6. The van der Waals surface area contributed by atoms with E-state index in [2.05, 4.69) is 21.2 Å². The Bertz CT molecular complexity index is 550. The Hall–Kier alpha value is -1.47. The van der Waals surface area contributed by atoms with E-state index < -0.39 is 15.9 Å². The summed E-state index contributed by atoms with van der Waals surface area (Å²) in [5, 5.41) is 13.4. The minimum Gasteiger partial charge on any atom is -0.325 e. The third-order valence-corrected chi connectivity index (χ3v) is 4.28. The summed E-state index contributed by atoms with van der Waals surface area (Å²) in [6.45, 7) is 6.98. The largest absolute Gasteiger partial charge is 0.325 e. The first-order valence-corrected chi connectivity index (χ1v) is 6.80. The van der Waals surface area contributed by atoms with Crippen LogP contribution in [0, 0.1) is 15.5 Å². The fourth-order valence-electron chi connectivity index (χ4n) is 1.29. The first-order valence-electron chi connectivity index (χ1n) is 6.01. The van der Waals surface area contributed by atoms with Gasteiger partial charge in [-0.3, -0.25) is 14.9 Å². The lowest BCUT2D eigenvalue weighted by molar-refractivity contribution is -0.384. The van der Waals surface area contributed by atoms with Crippen LogP contribution in [0.3, 0.4) is 0 Å². The number of nitro benzene ring substituents is 1. The summed E-state index contributed by atoms with van der Waals surface area (Å²) in [6, 6.07) is 4.19. The number of nitrogens with one attached hydrogen (secondary N) is 1. The highest BCUT2D eigenvalue weighted by atomic mass is 79.9. The number of nitrogens with two attached hydrogens (primary N) is 1. The van der Waals surface area contributed by atoms with Gasteiger partial charge in [-0.05, 0) is 49.7 Å². The Kier molecular flexibility index (Phi) is 4.55. The van der Waals surface area contributed by atoms with E-state index in [1.165, 1.54) is 18.2 Å². The molecule has 0 saturated carbocycles. The molecular weight excluding hydrogens is 326 g/mol. The van der Waals surface area contributed by atoms with Crippen molar-refractivity contribution in [2.24, 2.45) is 11.1 Å². The van der Waals surface area contributed by atoms with Gasteiger partial charge in [0.1, 0.15) is 0 Å². The Morgan fingerprint density at radius 3 is 2.35 bits per heavy atom. The van der Waals surface area contributed by atoms with Crippen LogP contribution < -0.4 is 11.1 Å². The van der Waals surface area contributed by atoms with Crippen LogP contribution in [0.25, 0.3) is 0 Å². The average Bonchev–Trinajstić information content (AvgIpc) is 2.29. The third kappa shape index (κ3) is 3.34. The van der Waals surface area contributed by atoms with Gasteiger partial charge >= 0.3 is 0 Å². The summed E-state index contributed by atoms with van der Waals surface area (Å²) in [6.07, 6.45) is 0. The van der Waals surface area contributed by atoms with Crippen molar-refractivity contribution >= 4 is 33.2 Å². The van der Waals surface area contributed by atoms with Crippen molar-refractivity contribution in [3.05, 3.63) is 32.8 Å². The maximum absolute atomic E-state index is 12.3. The molecule has 1 aromatic rings. The molecule has 0 aliphatic carbocycles. The molecule has 0 aliphatic heterocycles. The molecule has 20 heavy (non-hydrogen) atoms. The topological polar surface area (TPSA) is 98.3 Å². The van der Waals surface area contributed by atoms with Crippen LogP contribution in [-0.2, 0) is 4.79 Å². The second kappa shape index (κ2) is 5.49. The molecule has 0 saturated heterocycles. The lowest BCUT2D eigenvalue weighted by atomic mass is 9.74. The Morgan fingerprint density at radius 2 is 1.90 bits per heavy atom. The van der Waals surface area contributed by atoms with Gasteiger partial charge in [0, 0.05) is 22.1 Å². The number of carbonyl (C=O) groups is 1. The quantitative estimate of drug-likeness (QED) is 0.648. The molecule has 0 spiro atoms. The highest BCUT2D eigenvalue weighted by molar-refractivity contribution is 9.10. The van der Waals surface area contributed by atoms with E-state index in [9.17, 15) is 14.9 Å². The molecule has 0 unspecified atom stereocenters. The number of nitro groups is 1. The normalized spacial score (nSPS) is 12.1. The van der Waals surface area contributed by atoms with Gasteiger partial charge in [0.15, 0.2) is 0 Å². The highest BCUT2D eigenvalue weighted by Gasteiger charge is 2.40. The molecule has 0 aromatic heterocycles. The van der Waals surface area contributed by atoms with Crippen LogP contribution in [0.2, 0.25) is 0 Å². The second-order valence-electron chi connectivity index (χ2n) is 5.72. The molecule has 0 bridgehead atoms. The number of nitrogens with zero attached hydrogens (tertiary/aromatic N) is 1. The molecule has 1 aromatic carbocycles. The van der Waals surface area contributed by atoms with E-state index in [1.807, 2.05) is 0 Å². The van der Waals surface area contributed by atoms with Gasteiger partial charge in [0.05, 0.1) is 16.0 Å². The van der Waals surface area contributed by atoms with Gasteiger partial charge < -0.3 is 11.1 Å². The number of carbonyl (C=O) groups excluding carboxylic acids is 1. The van der Waals surface area contributed by atoms with Gasteiger partial charge in [0.2, 0.25) is 5.91 Å². The van der Waals surface area contributed by atoms with Crippen molar-refractivity contribution in [3.8, 4) is 0 Å². The van der Waals surface area contributed by atoms with Crippen molar-refractivity contribution < 1.29 is 9.72 Å². The standard InChI is InChI=1S/C13H18BrN3O3/c1-12(2,13(3,4)15)11(18)16-10-7-8(17(19)20)5-6-9(10)14/h5-7H,15H2,1-4H3,(H,16,18). The molecule has 0 atom stereocenters. The Labute approximate surface area is 126 Å². The van der Waals surface area contributed by atoms with E-state index in [4.69, 9.17) is 5.73 Å². The van der Waals surface area contributed by atoms with Crippen LogP contribution in [-0.4, -0.2) is 16.4 Å². The molecule has 0 radical (unpaired) electrons. The van der Waals surface area contributed by atoms with Crippen molar-refractivity contribution in [2.75, 3.05) is 5.32 Å². The summed E-state index contributed by atoms with van der Waals surface area (Å²) < 4.78 is 0.571. The predicted octanol–water partition coefficient (Wildman–Crippen LogP) is 3.06. The second-order valence-corrected chi connectivity index (χ2v) is 6.58. The molecule has 6 nitrogen and oxygen atoms in total. The van der Waals surface area contributed by atoms with E-state index in [-0.39, 0.29) is 11.6 Å². The fourth-order valence-corrected chi connectivity index (χ4v) is 1.64. The molecule has 1 rings (SSSR count). The summed E-state index contributed by atoms with van der Waals surface area (Å²) in [5.41, 5.74) is 4.69. The lowest BCUT2D eigenvalue weighted by Gasteiger charge is -2.36. The average molecular weight is 344 g/mol. The van der Waals surface area contributed by atoms with Crippen molar-refractivity contribution in [1.29, 1.82) is 0 Å². The Balaban J connectivity index is 3.08. The van der Waals surface area contributed by atoms with Gasteiger partial charge in [-0.25, -0.2) is 0 Å². The minimum absolute atomic E-state index is 0.0895. The number of non-ortho nitro benzene ring substituents is 1. The SMILES string of the molecule is CC(C)(N)C(C)(C)C(=O)Nc1cc([N+](=O)[O-])ccc1Br. The van der Waals surface area contributed by atoms with Crippen LogP contribution in [0.5, 0.6) is 0 Å². The number of amides is 1. The fraction of sp³-hybridized carbons (Fsp3) is 0.462. The van der Waals surface area contributed by atoms with E-state index in [0.717, 1.165) is 0 Å². The summed E-state index contributed by atoms with van der Waals surface area (Å²) in [4.78, 5) is 22.6. The van der Waals surface area contributed by atoms with Gasteiger partial charge in [0.25, 0.3) is 5.69 Å². The monoisotopic (exact) mass is 343 g/mol. The summed E-state index contributed by atoms with van der Waals surface area (Å²) >= 11 is 3.26. The van der Waals surface area contributed by atoms with Gasteiger partial charge in [-0.1, -0.05) is 0 Å². The number of anilines is 1. The van der Waals surface area contributed by atoms with Crippen molar-refractivity contribution in [2.45, 2.75) is 33.2 Å². The minimum atomic E-state index is -0.836. The molecule has 110 valence electrons. The number of hydrogen-bond donors (Lipinski definition) is 2. The van der Waals surface area contributed by atoms with Crippen LogP contribution in [0.15, 0.2) is 22.7 Å². The molecule has 7 heteroatoms. The molecular formula is C13H18BrN3O3.